The fourth-order valence-corrected chi connectivity index (χ4v) is 1.37. The summed E-state index contributed by atoms with van der Waals surface area (Å²) in [7, 11) is 0. The van der Waals surface area contributed by atoms with Crippen LogP contribution >= 0.6 is 0 Å². The molecule has 0 unspecified atom stereocenters. The van der Waals surface area contributed by atoms with Crippen molar-refractivity contribution in [2.24, 2.45) is 0 Å². The van der Waals surface area contributed by atoms with Crippen molar-refractivity contribution in [3.05, 3.63) is 41.7 Å². The van der Waals surface area contributed by atoms with Gasteiger partial charge in [0.15, 0.2) is 0 Å². The number of carboxylic acid groups (broad SMARTS) is 1. The molecule has 2 aromatic heterocycles. The van der Waals surface area contributed by atoms with Gasteiger partial charge in [-0.05, 0) is 13.0 Å². The van der Waals surface area contributed by atoms with E-state index in [0.29, 0.717) is 18.1 Å². The van der Waals surface area contributed by atoms with E-state index in [1.165, 1.54) is 10.9 Å². The fraction of sp³-hybridized carbons (Fsp3) is 0.200. The van der Waals surface area contributed by atoms with Gasteiger partial charge in [-0.15, -0.1) is 0 Å². The first-order valence-electron chi connectivity index (χ1n) is 4.70. The molecule has 2 rings (SSSR count). The van der Waals surface area contributed by atoms with Crippen LogP contribution in [-0.2, 0) is 6.54 Å². The van der Waals surface area contributed by atoms with E-state index in [9.17, 15) is 4.79 Å². The van der Waals surface area contributed by atoms with E-state index in [1.54, 1.807) is 25.4 Å². The smallest absolute Gasteiger partial charge is 0.339 e. The quantitative estimate of drug-likeness (QED) is 0.821. The number of aromatic nitrogens is 4. The van der Waals surface area contributed by atoms with Gasteiger partial charge in [0.2, 0.25) is 0 Å². The molecule has 82 valence electrons. The Morgan fingerprint density at radius 2 is 2.12 bits per heavy atom. The first-order valence-corrected chi connectivity index (χ1v) is 4.70. The number of rotatable bonds is 3. The average molecular weight is 218 g/mol. The summed E-state index contributed by atoms with van der Waals surface area (Å²) in [5.41, 5.74) is 0.694. The Labute approximate surface area is 91.6 Å². The highest BCUT2D eigenvalue weighted by Gasteiger charge is 2.11. The number of nitrogens with zero attached hydrogens (tertiary/aromatic N) is 4. The second-order valence-electron chi connectivity index (χ2n) is 3.30. The maximum Gasteiger partial charge on any atom is 0.339 e. The molecule has 0 aromatic carbocycles. The standard InChI is InChI=1S/C10H10N4O2/c1-7-8(10(15)16)5-14(13-7)6-9-11-3-2-4-12-9/h2-5H,6H2,1H3,(H,15,16). The molecule has 2 aromatic rings. The minimum absolute atomic E-state index is 0.205. The minimum atomic E-state index is -0.974. The van der Waals surface area contributed by atoms with E-state index in [2.05, 4.69) is 15.1 Å². The Bertz CT molecular complexity index is 507. The predicted molar refractivity (Wildman–Crippen MR) is 55.1 cm³/mol. The highest BCUT2D eigenvalue weighted by Crippen LogP contribution is 2.06. The number of carboxylic acids is 1. The molecule has 1 N–H and O–H groups in total. The van der Waals surface area contributed by atoms with Crippen LogP contribution in [0.15, 0.2) is 24.7 Å². The van der Waals surface area contributed by atoms with Gasteiger partial charge in [-0.25, -0.2) is 14.8 Å². The summed E-state index contributed by atoms with van der Waals surface area (Å²) in [6.07, 6.45) is 4.75. The van der Waals surface area contributed by atoms with Crippen LogP contribution in [-0.4, -0.2) is 30.8 Å². The van der Waals surface area contributed by atoms with E-state index in [1.807, 2.05) is 0 Å². The molecule has 6 nitrogen and oxygen atoms in total. The molecule has 0 saturated carbocycles. The SMILES string of the molecule is Cc1nn(Cc2ncccn2)cc1C(=O)O. The normalized spacial score (nSPS) is 10.3. The summed E-state index contributed by atoms with van der Waals surface area (Å²) in [5.74, 6) is -0.375. The van der Waals surface area contributed by atoms with Gasteiger partial charge in [-0.3, -0.25) is 4.68 Å². The molecule has 0 aliphatic rings. The second-order valence-corrected chi connectivity index (χ2v) is 3.30. The van der Waals surface area contributed by atoms with Crippen LogP contribution in [0.4, 0.5) is 0 Å². The molecule has 0 bridgehead atoms. The van der Waals surface area contributed by atoms with Crippen molar-refractivity contribution in [2.75, 3.05) is 0 Å². The zero-order valence-electron chi connectivity index (χ0n) is 8.66. The largest absolute Gasteiger partial charge is 0.478 e. The first kappa shape index (κ1) is 10.3. The predicted octanol–water partition coefficient (Wildman–Crippen LogP) is 0.728. The van der Waals surface area contributed by atoms with Crippen molar-refractivity contribution in [1.29, 1.82) is 0 Å². The molecule has 0 atom stereocenters. The van der Waals surface area contributed by atoms with Crippen LogP contribution in [0.5, 0.6) is 0 Å². The Morgan fingerprint density at radius 3 is 2.69 bits per heavy atom. The van der Waals surface area contributed by atoms with Crippen LogP contribution in [0.2, 0.25) is 0 Å². The van der Waals surface area contributed by atoms with Crippen molar-refractivity contribution >= 4 is 5.97 Å². The summed E-state index contributed by atoms with van der Waals surface area (Å²) in [5, 5.41) is 12.9. The number of aryl methyl sites for hydroxylation is 1. The lowest BCUT2D eigenvalue weighted by Crippen LogP contribution is -2.04. The summed E-state index contributed by atoms with van der Waals surface area (Å²) in [6.45, 7) is 2.03. The van der Waals surface area contributed by atoms with Gasteiger partial charge in [-0.2, -0.15) is 5.10 Å². The molecule has 0 fully saturated rings. The van der Waals surface area contributed by atoms with Crippen molar-refractivity contribution in [3.63, 3.8) is 0 Å². The summed E-state index contributed by atoms with van der Waals surface area (Å²) in [6, 6.07) is 1.72. The van der Waals surface area contributed by atoms with Gasteiger partial charge >= 0.3 is 5.97 Å². The molecule has 0 saturated heterocycles. The third-order valence-corrected chi connectivity index (χ3v) is 2.10. The van der Waals surface area contributed by atoms with Gasteiger partial charge in [0.25, 0.3) is 0 Å². The number of aromatic carboxylic acids is 1. The van der Waals surface area contributed by atoms with Gasteiger partial charge in [0.05, 0.1) is 5.69 Å². The Balaban J connectivity index is 2.23. The van der Waals surface area contributed by atoms with Crippen molar-refractivity contribution in [3.8, 4) is 0 Å². The second kappa shape index (κ2) is 4.09. The lowest BCUT2D eigenvalue weighted by atomic mass is 10.3. The van der Waals surface area contributed by atoms with Crippen LogP contribution in [0.1, 0.15) is 21.9 Å². The molecular weight excluding hydrogens is 208 g/mol. The minimum Gasteiger partial charge on any atom is -0.478 e. The number of carbonyl (C=O) groups is 1. The summed E-state index contributed by atoms with van der Waals surface area (Å²) >= 11 is 0. The molecule has 0 amide bonds. The lowest BCUT2D eigenvalue weighted by Gasteiger charge is -1.98. The topological polar surface area (TPSA) is 80.9 Å². The molecule has 0 aliphatic heterocycles. The van der Waals surface area contributed by atoms with Crippen molar-refractivity contribution < 1.29 is 9.90 Å². The van der Waals surface area contributed by atoms with E-state index < -0.39 is 5.97 Å². The van der Waals surface area contributed by atoms with E-state index >= 15 is 0 Å². The van der Waals surface area contributed by atoms with Gasteiger partial charge < -0.3 is 5.11 Å². The van der Waals surface area contributed by atoms with Gasteiger partial charge in [0.1, 0.15) is 17.9 Å². The summed E-state index contributed by atoms with van der Waals surface area (Å²) < 4.78 is 1.52. The van der Waals surface area contributed by atoms with Crippen LogP contribution < -0.4 is 0 Å². The van der Waals surface area contributed by atoms with Crippen LogP contribution in [0, 0.1) is 6.92 Å². The molecule has 6 heteroatoms. The monoisotopic (exact) mass is 218 g/mol. The van der Waals surface area contributed by atoms with E-state index in [-0.39, 0.29) is 5.56 Å². The lowest BCUT2D eigenvalue weighted by molar-refractivity contribution is 0.0696. The molecule has 2 heterocycles. The maximum absolute atomic E-state index is 10.8. The zero-order chi connectivity index (χ0) is 11.5. The molecule has 0 spiro atoms. The third kappa shape index (κ3) is 2.05. The van der Waals surface area contributed by atoms with Crippen molar-refractivity contribution in [1.82, 2.24) is 19.7 Å². The third-order valence-electron chi connectivity index (χ3n) is 2.10. The van der Waals surface area contributed by atoms with E-state index in [0.717, 1.165) is 0 Å². The number of hydrogen-bond donors (Lipinski definition) is 1. The van der Waals surface area contributed by atoms with Crippen LogP contribution in [0.3, 0.4) is 0 Å². The summed E-state index contributed by atoms with van der Waals surface area (Å²) in [4.78, 5) is 18.9. The van der Waals surface area contributed by atoms with Crippen molar-refractivity contribution in [2.45, 2.75) is 13.5 Å². The Morgan fingerprint density at radius 1 is 1.44 bits per heavy atom. The Kier molecular flexibility index (Phi) is 2.63. The maximum atomic E-state index is 10.8. The van der Waals surface area contributed by atoms with Crippen LogP contribution in [0.25, 0.3) is 0 Å². The molecule has 0 aliphatic carbocycles. The zero-order valence-corrected chi connectivity index (χ0v) is 8.66. The van der Waals surface area contributed by atoms with Gasteiger partial charge in [-0.1, -0.05) is 0 Å². The molecular formula is C10H10N4O2. The molecule has 0 radical (unpaired) electrons. The first-order chi connectivity index (χ1) is 7.66. The Hall–Kier alpha value is -2.24. The average Bonchev–Trinajstić information content (AvgIpc) is 2.61. The van der Waals surface area contributed by atoms with E-state index in [4.69, 9.17) is 5.11 Å². The highest BCUT2D eigenvalue weighted by molar-refractivity contribution is 5.88. The molecule has 16 heavy (non-hydrogen) atoms. The van der Waals surface area contributed by atoms with Gasteiger partial charge in [0, 0.05) is 18.6 Å². The highest BCUT2D eigenvalue weighted by atomic mass is 16.4. The fourth-order valence-electron chi connectivity index (χ4n) is 1.37. The number of hydrogen-bond acceptors (Lipinski definition) is 4.